The number of nitrogens with zero attached hydrogens (tertiary/aromatic N) is 2. The van der Waals surface area contributed by atoms with Crippen LogP contribution in [0.2, 0.25) is 0 Å². The van der Waals surface area contributed by atoms with Crippen LogP contribution in [-0.4, -0.2) is 26.4 Å². The molecule has 0 bridgehead atoms. The van der Waals surface area contributed by atoms with Crippen molar-refractivity contribution in [1.29, 1.82) is 0 Å². The Balaban J connectivity index is 2.04. The van der Waals surface area contributed by atoms with Crippen LogP contribution in [0.1, 0.15) is 38.6 Å². The van der Waals surface area contributed by atoms with E-state index >= 15 is 0 Å². The van der Waals surface area contributed by atoms with E-state index in [0.29, 0.717) is 12.0 Å². The van der Waals surface area contributed by atoms with E-state index in [9.17, 15) is 4.79 Å². The number of thioether (sulfide) groups is 1. The predicted molar refractivity (Wildman–Crippen MR) is 84.8 cm³/mol. The third-order valence-corrected chi connectivity index (χ3v) is 5.22. The minimum Gasteiger partial charge on any atom is -0.481 e. The molecule has 1 N–H and O–H groups in total. The minimum atomic E-state index is -0.796. The maximum atomic E-state index is 10.9. The van der Waals surface area contributed by atoms with E-state index in [0.717, 1.165) is 22.6 Å². The second-order valence-electron chi connectivity index (χ2n) is 5.76. The summed E-state index contributed by atoms with van der Waals surface area (Å²) in [6.07, 6.45) is 4.93. The second-order valence-corrected chi connectivity index (χ2v) is 6.71. The van der Waals surface area contributed by atoms with Crippen LogP contribution in [0.15, 0.2) is 29.4 Å². The molecule has 1 aliphatic carbocycles. The summed E-state index contributed by atoms with van der Waals surface area (Å²) in [5.41, 5.74) is 2.09. The van der Waals surface area contributed by atoms with Gasteiger partial charge in [-0.2, -0.15) is 0 Å². The number of hydrogen-bond donors (Lipinski definition) is 1. The molecule has 0 radical (unpaired) electrons. The van der Waals surface area contributed by atoms with E-state index < -0.39 is 5.97 Å². The molecule has 0 saturated heterocycles. The average molecular weight is 304 g/mol. The van der Waals surface area contributed by atoms with Crippen molar-refractivity contribution in [3.63, 3.8) is 0 Å². The van der Waals surface area contributed by atoms with Gasteiger partial charge in [-0.15, -0.1) is 0 Å². The molecule has 1 aromatic heterocycles. The van der Waals surface area contributed by atoms with Gasteiger partial charge in [-0.25, -0.2) is 4.98 Å². The van der Waals surface area contributed by atoms with E-state index in [1.807, 2.05) is 18.2 Å². The van der Waals surface area contributed by atoms with Gasteiger partial charge in [0.1, 0.15) is 0 Å². The zero-order valence-corrected chi connectivity index (χ0v) is 13.0. The number of imidazole rings is 1. The third-order valence-electron chi connectivity index (χ3n) is 4.29. The van der Waals surface area contributed by atoms with Crippen molar-refractivity contribution in [2.45, 2.75) is 43.8 Å². The van der Waals surface area contributed by atoms with Gasteiger partial charge in [0.05, 0.1) is 16.8 Å². The van der Waals surface area contributed by atoms with Crippen LogP contribution in [0.25, 0.3) is 11.0 Å². The standard InChI is InChI=1S/C16H20N2O2S/c1-11-6-2-4-8-13(11)18-14-9-5-3-7-12(14)17-16(18)21-10-15(19)20/h3,5,7,9,11,13H,2,4,6,8,10H2,1H3,(H,19,20). The molecule has 21 heavy (non-hydrogen) atoms. The first-order chi connectivity index (χ1) is 10.2. The van der Waals surface area contributed by atoms with E-state index in [1.165, 1.54) is 31.0 Å². The Morgan fingerprint density at radius 3 is 2.90 bits per heavy atom. The van der Waals surface area contributed by atoms with Gasteiger partial charge in [-0.3, -0.25) is 4.79 Å². The Kier molecular flexibility index (Phi) is 4.19. The normalized spacial score (nSPS) is 22.5. The molecule has 1 fully saturated rings. The molecule has 1 heterocycles. The lowest BCUT2D eigenvalue weighted by molar-refractivity contribution is -0.133. The van der Waals surface area contributed by atoms with E-state index in [4.69, 9.17) is 5.11 Å². The Bertz CT molecular complexity index is 653. The highest BCUT2D eigenvalue weighted by atomic mass is 32.2. The zero-order valence-electron chi connectivity index (χ0n) is 12.2. The van der Waals surface area contributed by atoms with Crippen molar-refractivity contribution < 1.29 is 9.90 Å². The highest BCUT2D eigenvalue weighted by Gasteiger charge is 2.27. The first-order valence-corrected chi connectivity index (χ1v) is 8.47. The van der Waals surface area contributed by atoms with E-state index in [-0.39, 0.29) is 5.75 Å². The smallest absolute Gasteiger partial charge is 0.313 e. The summed E-state index contributed by atoms with van der Waals surface area (Å²) < 4.78 is 2.28. The maximum absolute atomic E-state index is 10.9. The number of carboxylic acid groups (broad SMARTS) is 1. The molecule has 2 aromatic rings. The Morgan fingerprint density at radius 1 is 1.38 bits per heavy atom. The second kappa shape index (κ2) is 6.10. The molecule has 1 saturated carbocycles. The molecule has 0 amide bonds. The van der Waals surface area contributed by atoms with Crippen molar-refractivity contribution in [2.75, 3.05) is 5.75 Å². The van der Waals surface area contributed by atoms with Crippen molar-refractivity contribution >= 4 is 28.8 Å². The average Bonchev–Trinajstić information content (AvgIpc) is 2.84. The van der Waals surface area contributed by atoms with Gasteiger partial charge in [-0.05, 0) is 30.9 Å². The van der Waals surface area contributed by atoms with Crippen LogP contribution in [0.3, 0.4) is 0 Å². The summed E-state index contributed by atoms with van der Waals surface area (Å²) in [6.45, 7) is 2.30. The summed E-state index contributed by atoms with van der Waals surface area (Å²) in [5.74, 6) is -0.124. The predicted octanol–water partition coefficient (Wildman–Crippen LogP) is 3.96. The highest BCUT2D eigenvalue weighted by molar-refractivity contribution is 7.99. The Labute approximate surface area is 128 Å². The molecule has 0 spiro atoms. The molecule has 0 aliphatic heterocycles. The van der Waals surface area contributed by atoms with Crippen molar-refractivity contribution in [3.8, 4) is 0 Å². The van der Waals surface area contributed by atoms with Crippen LogP contribution in [0.4, 0.5) is 0 Å². The maximum Gasteiger partial charge on any atom is 0.313 e. The fourth-order valence-corrected chi connectivity index (χ4v) is 4.04. The van der Waals surface area contributed by atoms with Gasteiger partial charge in [0.15, 0.2) is 5.16 Å². The van der Waals surface area contributed by atoms with Gasteiger partial charge < -0.3 is 9.67 Å². The van der Waals surface area contributed by atoms with E-state index in [1.54, 1.807) is 0 Å². The summed E-state index contributed by atoms with van der Waals surface area (Å²) in [5, 5.41) is 9.79. The quantitative estimate of drug-likeness (QED) is 0.869. The molecule has 5 heteroatoms. The number of para-hydroxylation sites is 2. The molecule has 112 valence electrons. The van der Waals surface area contributed by atoms with Crippen LogP contribution < -0.4 is 0 Å². The monoisotopic (exact) mass is 304 g/mol. The Hall–Kier alpha value is -1.49. The Morgan fingerprint density at radius 2 is 2.14 bits per heavy atom. The van der Waals surface area contributed by atoms with E-state index in [2.05, 4.69) is 22.5 Å². The number of benzene rings is 1. The fourth-order valence-electron chi connectivity index (χ4n) is 3.25. The number of rotatable bonds is 4. The molecular weight excluding hydrogens is 284 g/mol. The third kappa shape index (κ3) is 2.93. The fraction of sp³-hybridized carbons (Fsp3) is 0.500. The lowest BCUT2D eigenvalue weighted by Gasteiger charge is -2.31. The zero-order chi connectivity index (χ0) is 14.8. The van der Waals surface area contributed by atoms with Crippen LogP contribution in [0.5, 0.6) is 0 Å². The lowest BCUT2D eigenvalue weighted by atomic mass is 9.85. The largest absolute Gasteiger partial charge is 0.481 e. The number of fused-ring (bicyclic) bond motifs is 1. The number of aliphatic carboxylic acids is 1. The van der Waals surface area contributed by atoms with Crippen molar-refractivity contribution in [1.82, 2.24) is 9.55 Å². The molecule has 1 aliphatic rings. The summed E-state index contributed by atoms with van der Waals surface area (Å²) in [7, 11) is 0. The molecular formula is C16H20N2O2S. The van der Waals surface area contributed by atoms with Crippen molar-refractivity contribution in [3.05, 3.63) is 24.3 Å². The summed E-state index contributed by atoms with van der Waals surface area (Å²) in [4.78, 5) is 15.5. The van der Waals surface area contributed by atoms with Gasteiger partial charge in [0, 0.05) is 6.04 Å². The summed E-state index contributed by atoms with van der Waals surface area (Å²) >= 11 is 1.33. The molecule has 2 unspecified atom stereocenters. The lowest BCUT2D eigenvalue weighted by Crippen LogP contribution is -2.21. The minimum absolute atomic E-state index is 0.0599. The van der Waals surface area contributed by atoms with Crippen LogP contribution in [-0.2, 0) is 4.79 Å². The summed E-state index contributed by atoms with van der Waals surface area (Å²) in [6, 6.07) is 8.54. The first-order valence-electron chi connectivity index (χ1n) is 7.48. The molecule has 2 atom stereocenters. The number of carboxylic acids is 1. The number of hydrogen-bond acceptors (Lipinski definition) is 3. The van der Waals surface area contributed by atoms with Crippen LogP contribution >= 0.6 is 11.8 Å². The SMILES string of the molecule is CC1CCCCC1n1c(SCC(=O)O)nc2ccccc21. The van der Waals surface area contributed by atoms with Gasteiger partial charge >= 0.3 is 5.97 Å². The molecule has 4 nitrogen and oxygen atoms in total. The molecule has 1 aromatic carbocycles. The number of carbonyl (C=O) groups is 1. The van der Waals surface area contributed by atoms with Gasteiger partial charge in [0.25, 0.3) is 0 Å². The van der Waals surface area contributed by atoms with Crippen molar-refractivity contribution in [2.24, 2.45) is 5.92 Å². The van der Waals surface area contributed by atoms with Gasteiger partial charge in [-0.1, -0.05) is 43.7 Å². The first kappa shape index (κ1) is 14.4. The highest BCUT2D eigenvalue weighted by Crippen LogP contribution is 2.38. The van der Waals surface area contributed by atoms with Gasteiger partial charge in [0.2, 0.25) is 0 Å². The molecule has 3 rings (SSSR count). The van der Waals surface area contributed by atoms with Crippen LogP contribution in [0, 0.1) is 5.92 Å². The number of aromatic nitrogens is 2. The topological polar surface area (TPSA) is 55.1 Å².